The Labute approximate surface area is 195 Å². The van der Waals surface area contributed by atoms with Crippen molar-refractivity contribution in [2.24, 2.45) is 0 Å². The van der Waals surface area contributed by atoms with Gasteiger partial charge in [-0.1, -0.05) is 0 Å². The number of halogens is 6. The molecule has 2 saturated heterocycles. The number of likely N-dealkylation sites (tertiary alicyclic amines) is 1. The Morgan fingerprint density at radius 1 is 0.971 bits per heavy atom. The van der Waals surface area contributed by atoms with Crippen LogP contribution < -0.4 is 4.90 Å². The van der Waals surface area contributed by atoms with Crippen molar-refractivity contribution in [3.05, 3.63) is 42.1 Å². The highest BCUT2D eigenvalue weighted by molar-refractivity contribution is 5.73. The molecule has 194 valence electrons. The fraction of sp³-hybridized carbons (Fsp3) is 0.500. The summed E-state index contributed by atoms with van der Waals surface area (Å²) >= 11 is 0. The van der Waals surface area contributed by atoms with E-state index in [4.69, 9.17) is 24.2 Å². The number of rotatable bonds is 3. The summed E-state index contributed by atoms with van der Waals surface area (Å²) in [5.74, 6) is -2.57. The molecular formula is C20H22F6N4O5. The second kappa shape index (κ2) is 11.4. The standard InChI is InChI=1S/C16H20N4O.2C2HF3O2/c1-12-3-4-13(21-12)11-19-9-5-15-14(19)6-10-20(15)16-17-7-2-8-18-16;2*3-2(4,5)1(6)7/h2-4,7-8,14-15H,5-6,9-11H2,1H3;2*(H,6,7)/t14-,15+;;/m1../s1. The number of furan rings is 1. The van der Waals surface area contributed by atoms with Crippen LogP contribution in [0.3, 0.4) is 0 Å². The molecule has 0 saturated carbocycles. The molecule has 4 rings (SSSR count). The van der Waals surface area contributed by atoms with E-state index < -0.39 is 24.3 Å². The van der Waals surface area contributed by atoms with E-state index in [0.29, 0.717) is 12.1 Å². The van der Waals surface area contributed by atoms with Crippen LogP contribution in [0.5, 0.6) is 0 Å². The summed E-state index contributed by atoms with van der Waals surface area (Å²) in [7, 11) is 0. The molecule has 0 spiro atoms. The Bertz CT molecular complexity index is 958. The van der Waals surface area contributed by atoms with Gasteiger partial charge >= 0.3 is 24.3 Å². The third kappa shape index (κ3) is 8.12. The molecule has 2 fully saturated rings. The molecule has 2 N–H and O–H groups in total. The van der Waals surface area contributed by atoms with Crippen molar-refractivity contribution < 1.29 is 50.6 Å². The van der Waals surface area contributed by atoms with Crippen LogP contribution in [0.1, 0.15) is 24.4 Å². The molecule has 0 aromatic carbocycles. The molecule has 0 radical (unpaired) electrons. The van der Waals surface area contributed by atoms with Gasteiger partial charge in [0.25, 0.3) is 0 Å². The number of hydrogen-bond acceptors (Lipinski definition) is 7. The normalized spacial score (nSPS) is 19.8. The van der Waals surface area contributed by atoms with Crippen LogP contribution in [-0.2, 0) is 16.1 Å². The number of carboxylic acids is 2. The van der Waals surface area contributed by atoms with Crippen molar-refractivity contribution in [2.45, 2.75) is 50.7 Å². The molecule has 35 heavy (non-hydrogen) atoms. The maximum absolute atomic E-state index is 10.6. The first-order chi connectivity index (χ1) is 16.2. The second-order valence-electron chi connectivity index (χ2n) is 7.54. The molecule has 2 aromatic heterocycles. The largest absolute Gasteiger partial charge is 0.490 e. The Morgan fingerprint density at radius 3 is 1.94 bits per heavy atom. The molecule has 0 bridgehead atoms. The Kier molecular flexibility index (Phi) is 9.06. The molecule has 0 amide bonds. The van der Waals surface area contributed by atoms with Gasteiger partial charge in [-0.05, 0) is 38.0 Å². The number of carbonyl (C=O) groups is 2. The van der Waals surface area contributed by atoms with Crippen LogP contribution in [0.2, 0.25) is 0 Å². The summed E-state index contributed by atoms with van der Waals surface area (Å²) in [5.41, 5.74) is 0. The first-order valence-electron chi connectivity index (χ1n) is 10.1. The monoisotopic (exact) mass is 512 g/mol. The summed E-state index contributed by atoms with van der Waals surface area (Å²) in [6.45, 7) is 5.09. The first-order valence-corrected chi connectivity index (χ1v) is 10.1. The van der Waals surface area contributed by atoms with E-state index in [1.54, 1.807) is 0 Å². The van der Waals surface area contributed by atoms with E-state index in [1.807, 2.05) is 31.5 Å². The number of alkyl halides is 6. The van der Waals surface area contributed by atoms with Gasteiger partial charge in [0.05, 0.1) is 6.54 Å². The van der Waals surface area contributed by atoms with Gasteiger partial charge in [-0.25, -0.2) is 19.6 Å². The zero-order chi connectivity index (χ0) is 26.4. The lowest BCUT2D eigenvalue weighted by molar-refractivity contribution is -0.193. The van der Waals surface area contributed by atoms with Gasteiger partial charge in [0.1, 0.15) is 11.5 Å². The fourth-order valence-corrected chi connectivity index (χ4v) is 3.73. The zero-order valence-electron chi connectivity index (χ0n) is 18.3. The smallest absolute Gasteiger partial charge is 0.475 e. The Hall–Kier alpha value is -3.36. The Balaban J connectivity index is 0.000000257. The average molecular weight is 512 g/mol. The third-order valence-corrected chi connectivity index (χ3v) is 5.14. The van der Waals surface area contributed by atoms with Crippen LogP contribution in [0.4, 0.5) is 32.3 Å². The van der Waals surface area contributed by atoms with Crippen molar-refractivity contribution in [3.63, 3.8) is 0 Å². The SMILES string of the molecule is Cc1ccc(CN2CC[C@H]3[C@H]2CCN3c2ncccn2)o1.O=C(O)C(F)(F)F.O=C(O)C(F)(F)F. The average Bonchev–Trinajstić information content (AvgIpc) is 3.46. The van der Waals surface area contributed by atoms with Crippen LogP contribution in [0.25, 0.3) is 0 Å². The summed E-state index contributed by atoms with van der Waals surface area (Å²) in [6, 6.07) is 7.15. The molecule has 0 aliphatic carbocycles. The van der Waals surface area contributed by atoms with Crippen molar-refractivity contribution in [1.82, 2.24) is 14.9 Å². The molecule has 2 aliphatic rings. The van der Waals surface area contributed by atoms with Gasteiger partial charge in [0, 0.05) is 37.6 Å². The minimum Gasteiger partial charge on any atom is -0.475 e. The van der Waals surface area contributed by atoms with Gasteiger partial charge in [-0.3, -0.25) is 4.90 Å². The number of nitrogens with zero attached hydrogens (tertiary/aromatic N) is 4. The maximum Gasteiger partial charge on any atom is 0.490 e. The van der Waals surface area contributed by atoms with Gasteiger partial charge in [0.15, 0.2) is 0 Å². The summed E-state index contributed by atoms with van der Waals surface area (Å²) in [5, 5.41) is 14.2. The number of aliphatic carboxylic acids is 2. The Morgan fingerprint density at radius 2 is 1.49 bits per heavy atom. The highest BCUT2D eigenvalue weighted by atomic mass is 19.4. The minimum absolute atomic E-state index is 0.545. The lowest BCUT2D eigenvalue weighted by atomic mass is 10.1. The summed E-state index contributed by atoms with van der Waals surface area (Å²) < 4.78 is 69.2. The molecule has 2 aliphatic heterocycles. The lowest BCUT2D eigenvalue weighted by Gasteiger charge is -2.25. The molecule has 15 heteroatoms. The van der Waals surface area contributed by atoms with Crippen molar-refractivity contribution in [3.8, 4) is 0 Å². The number of aryl methyl sites for hydroxylation is 1. The molecule has 9 nitrogen and oxygen atoms in total. The first kappa shape index (κ1) is 27.9. The predicted octanol–water partition coefficient (Wildman–Crippen LogP) is 3.50. The molecule has 2 atom stereocenters. The number of hydrogen-bond donors (Lipinski definition) is 2. The highest BCUT2D eigenvalue weighted by Gasteiger charge is 2.43. The van der Waals surface area contributed by atoms with Gasteiger partial charge in [-0.2, -0.15) is 26.3 Å². The van der Waals surface area contributed by atoms with Gasteiger partial charge < -0.3 is 19.5 Å². The molecule has 0 unspecified atom stereocenters. The zero-order valence-corrected chi connectivity index (χ0v) is 18.3. The number of anilines is 1. The van der Waals surface area contributed by atoms with Crippen LogP contribution >= 0.6 is 0 Å². The van der Waals surface area contributed by atoms with E-state index in [2.05, 4.69) is 25.8 Å². The topological polar surface area (TPSA) is 120 Å². The number of carboxylic acid groups (broad SMARTS) is 2. The van der Waals surface area contributed by atoms with Crippen LogP contribution in [-0.4, -0.2) is 74.5 Å². The van der Waals surface area contributed by atoms with Crippen molar-refractivity contribution in [2.75, 3.05) is 18.0 Å². The van der Waals surface area contributed by atoms with E-state index in [1.165, 1.54) is 12.8 Å². The van der Waals surface area contributed by atoms with E-state index >= 15 is 0 Å². The van der Waals surface area contributed by atoms with Crippen molar-refractivity contribution >= 4 is 17.9 Å². The van der Waals surface area contributed by atoms with Gasteiger partial charge in [0.2, 0.25) is 5.95 Å². The number of fused-ring (bicyclic) bond motifs is 1. The number of aromatic nitrogens is 2. The predicted molar refractivity (Wildman–Crippen MR) is 107 cm³/mol. The molecule has 4 heterocycles. The fourth-order valence-electron chi connectivity index (χ4n) is 3.73. The second-order valence-corrected chi connectivity index (χ2v) is 7.54. The van der Waals surface area contributed by atoms with E-state index in [-0.39, 0.29) is 0 Å². The van der Waals surface area contributed by atoms with Crippen molar-refractivity contribution in [1.29, 1.82) is 0 Å². The maximum atomic E-state index is 10.6. The minimum atomic E-state index is -5.08. The lowest BCUT2D eigenvalue weighted by Crippen LogP contribution is -2.36. The van der Waals surface area contributed by atoms with E-state index in [9.17, 15) is 26.3 Å². The molecular weight excluding hydrogens is 490 g/mol. The third-order valence-electron chi connectivity index (χ3n) is 5.14. The van der Waals surface area contributed by atoms with Crippen LogP contribution in [0.15, 0.2) is 35.0 Å². The molecule has 2 aromatic rings. The highest BCUT2D eigenvalue weighted by Crippen LogP contribution is 2.34. The quantitative estimate of drug-likeness (QED) is 0.596. The van der Waals surface area contributed by atoms with Crippen LogP contribution in [0, 0.1) is 6.92 Å². The van der Waals surface area contributed by atoms with Gasteiger partial charge in [-0.15, -0.1) is 0 Å². The summed E-state index contributed by atoms with van der Waals surface area (Å²) in [4.78, 5) is 31.5. The summed E-state index contributed by atoms with van der Waals surface area (Å²) in [6.07, 6.45) is -4.15. The van der Waals surface area contributed by atoms with E-state index in [0.717, 1.165) is 37.1 Å².